The Morgan fingerprint density at radius 1 is 1.22 bits per heavy atom. The molecule has 0 amide bonds. The van der Waals surface area contributed by atoms with Crippen LogP contribution in [0.5, 0.6) is 0 Å². The number of hydrogen-bond donors (Lipinski definition) is 1. The summed E-state index contributed by atoms with van der Waals surface area (Å²) in [4.78, 5) is 0.966. The maximum Gasteiger partial charge on any atom is 0.127 e. The van der Waals surface area contributed by atoms with Crippen LogP contribution in [0.2, 0.25) is 5.02 Å². The normalized spacial score (nSPS) is 10.6. The first-order valence-corrected chi connectivity index (χ1v) is 7.33. The third kappa shape index (κ3) is 3.40. The second kappa shape index (κ2) is 5.95. The van der Waals surface area contributed by atoms with Gasteiger partial charge in [0.15, 0.2) is 0 Å². The fourth-order valence-corrected chi connectivity index (χ4v) is 2.98. The summed E-state index contributed by atoms with van der Waals surface area (Å²) in [5, 5.41) is 0.523. The molecule has 2 rings (SSSR count). The molecule has 0 aliphatic rings. The Labute approximate surface area is 123 Å². The van der Waals surface area contributed by atoms with Crippen LogP contribution in [0.25, 0.3) is 0 Å². The van der Waals surface area contributed by atoms with Crippen LogP contribution in [0, 0.1) is 5.82 Å². The lowest BCUT2D eigenvalue weighted by molar-refractivity contribution is 0.617. The van der Waals surface area contributed by atoms with E-state index in [9.17, 15) is 4.39 Å². The summed E-state index contributed by atoms with van der Waals surface area (Å²) in [5.74, 6) is 0.346. The largest absolute Gasteiger partial charge is 0.398 e. The molecule has 0 fully saturated rings. The van der Waals surface area contributed by atoms with Crippen molar-refractivity contribution >= 4 is 45.0 Å². The number of thioether (sulfide) groups is 1. The van der Waals surface area contributed by atoms with Gasteiger partial charge in [-0.2, -0.15) is 0 Å². The van der Waals surface area contributed by atoms with E-state index in [4.69, 9.17) is 17.3 Å². The zero-order chi connectivity index (χ0) is 13.1. The highest BCUT2D eigenvalue weighted by Gasteiger charge is 2.05. The molecule has 94 valence electrons. The lowest BCUT2D eigenvalue weighted by Crippen LogP contribution is -1.89. The summed E-state index contributed by atoms with van der Waals surface area (Å²) in [6.07, 6.45) is 0. The summed E-state index contributed by atoms with van der Waals surface area (Å²) < 4.78 is 14.4. The van der Waals surface area contributed by atoms with Crippen molar-refractivity contribution in [3.8, 4) is 0 Å². The van der Waals surface area contributed by atoms with Gasteiger partial charge in [-0.1, -0.05) is 27.5 Å². The van der Waals surface area contributed by atoms with E-state index in [0.29, 0.717) is 22.0 Å². The summed E-state index contributed by atoms with van der Waals surface area (Å²) >= 11 is 10.8. The Hall–Kier alpha value is -0.710. The van der Waals surface area contributed by atoms with Gasteiger partial charge >= 0.3 is 0 Å². The van der Waals surface area contributed by atoms with Crippen molar-refractivity contribution in [2.24, 2.45) is 0 Å². The van der Waals surface area contributed by atoms with Crippen molar-refractivity contribution < 1.29 is 4.39 Å². The van der Waals surface area contributed by atoms with Gasteiger partial charge in [0.2, 0.25) is 0 Å². The number of nitrogens with two attached hydrogens (primary N) is 1. The Morgan fingerprint density at radius 2 is 2.00 bits per heavy atom. The zero-order valence-corrected chi connectivity index (χ0v) is 12.4. The number of hydrogen-bond acceptors (Lipinski definition) is 2. The number of nitrogen functional groups attached to an aromatic ring is 1. The maximum atomic E-state index is 13.5. The lowest BCUT2D eigenvalue weighted by atomic mass is 10.2. The van der Waals surface area contributed by atoms with Crippen molar-refractivity contribution in [3.63, 3.8) is 0 Å². The van der Waals surface area contributed by atoms with Crippen molar-refractivity contribution in [3.05, 3.63) is 57.3 Å². The van der Waals surface area contributed by atoms with Crippen LogP contribution in [0.15, 0.2) is 45.8 Å². The molecule has 0 aliphatic carbocycles. The first kappa shape index (κ1) is 13.7. The Balaban J connectivity index is 2.11. The average molecular weight is 347 g/mol. The molecule has 0 unspecified atom stereocenters. The predicted molar refractivity (Wildman–Crippen MR) is 79.5 cm³/mol. The molecule has 0 heterocycles. The summed E-state index contributed by atoms with van der Waals surface area (Å²) in [6, 6.07) is 10.3. The van der Waals surface area contributed by atoms with Crippen LogP contribution in [0.3, 0.4) is 0 Å². The second-order valence-corrected chi connectivity index (χ2v) is 6.08. The molecule has 0 radical (unpaired) electrons. The van der Waals surface area contributed by atoms with Crippen LogP contribution in [-0.4, -0.2) is 0 Å². The first-order chi connectivity index (χ1) is 8.56. The molecule has 0 spiro atoms. The van der Waals surface area contributed by atoms with Crippen molar-refractivity contribution in [2.75, 3.05) is 5.73 Å². The molecule has 18 heavy (non-hydrogen) atoms. The van der Waals surface area contributed by atoms with Crippen molar-refractivity contribution in [1.82, 2.24) is 0 Å². The van der Waals surface area contributed by atoms with Gasteiger partial charge in [0.25, 0.3) is 0 Å². The fourth-order valence-electron chi connectivity index (χ4n) is 1.41. The smallest absolute Gasteiger partial charge is 0.127 e. The van der Waals surface area contributed by atoms with Gasteiger partial charge in [-0.3, -0.25) is 0 Å². The minimum Gasteiger partial charge on any atom is -0.398 e. The highest BCUT2D eigenvalue weighted by Crippen LogP contribution is 2.29. The number of anilines is 1. The molecule has 0 saturated heterocycles. The van der Waals surface area contributed by atoms with E-state index in [0.717, 1.165) is 9.37 Å². The van der Waals surface area contributed by atoms with Crippen molar-refractivity contribution in [2.45, 2.75) is 10.6 Å². The summed E-state index contributed by atoms with van der Waals surface area (Å²) in [7, 11) is 0. The molecule has 0 saturated carbocycles. The van der Waals surface area contributed by atoms with Gasteiger partial charge in [-0.15, -0.1) is 11.8 Å². The zero-order valence-electron chi connectivity index (χ0n) is 9.29. The topological polar surface area (TPSA) is 26.0 Å². The maximum absolute atomic E-state index is 13.5. The molecule has 0 atom stereocenters. The molecule has 2 aromatic rings. The van der Waals surface area contributed by atoms with Gasteiger partial charge < -0.3 is 5.73 Å². The third-order valence-corrected chi connectivity index (χ3v) is 4.24. The van der Waals surface area contributed by atoms with Crippen LogP contribution in [-0.2, 0) is 5.75 Å². The Kier molecular flexibility index (Phi) is 4.54. The number of halogens is 3. The summed E-state index contributed by atoms with van der Waals surface area (Å²) in [5.41, 5.74) is 6.84. The van der Waals surface area contributed by atoms with E-state index in [2.05, 4.69) is 15.9 Å². The van der Waals surface area contributed by atoms with Gasteiger partial charge in [0, 0.05) is 15.1 Å². The van der Waals surface area contributed by atoms with Gasteiger partial charge in [0.1, 0.15) is 5.82 Å². The third-order valence-electron chi connectivity index (χ3n) is 2.37. The lowest BCUT2D eigenvalue weighted by Gasteiger charge is -2.05. The molecule has 2 aromatic carbocycles. The number of rotatable bonds is 3. The van der Waals surface area contributed by atoms with E-state index in [1.807, 2.05) is 6.07 Å². The first-order valence-electron chi connectivity index (χ1n) is 5.18. The highest BCUT2D eigenvalue weighted by atomic mass is 79.9. The van der Waals surface area contributed by atoms with Gasteiger partial charge in [-0.25, -0.2) is 4.39 Å². The van der Waals surface area contributed by atoms with E-state index in [-0.39, 0.29) is 5.82 Å². The quantitative estimate of drug-likeness (QED) is 0.617. The van der Waals surface area contributed by atoms with Gasteiger partial charge in [0.05, 0.1) is 10.7 Å². The Morgan fingerprint density at radius 3 is 2.72 bits per heavy atom. The van der Waals surface area contributed by atoms with Crippen LogP contribution < -0.4 is 5.73 Å². The molecule has 5 heteroatoms. The minimum absolute atomic E-state index is 0.202. The van der Waals surface area contributed by atoms with Gasteiger partial charge in [-0.05, 0) is 42.0 Å². The molecule has 0 aliphatic heterocycles. The molecule has 0 aromatic heterocycles. The number of benzene rings is 2. The Bertz CT molecular complexity index is 577. The van der Waals surface area contributed by atoms with Crippen LogP contribution in [0.4, 0.5) is 10.1 Å². The fraction of sp³-hybridized carbons (Fsp3) is 0.0769. The molecular weight excluding hydrogens is 337 g/mol. The highest BCUT2D eigenvalue weighted by molar-refractivity contribution is 9.10. The molecule has 2 N–H and O–H groups in total. The van der Waals surface area contributed by atoms with Crippen LogP contribution >= 0.6 is 39.3 Å². The van der Waals surface area contributed by atoms with E-state index in [1.54, 1.807) is 24.3 Å². The predicted octanol–water partition coefficient (Wildman–Crippen LogP) is 5.12. The summed E-state index contributed by atoms with van der Waals surface area (Å²) in [6.45, 7) is 0. The van der Waals surface area contributed by atoms with E-state index >= 15 is 0 Å². The van der Waals surface area contributed by atoms with E-state index in [1.165, 1.54) is 17.8 Å². The SMILES string of the molecule is Nc1ccc(SCc2cc(Br)ccc2F)cc1Cl. The van der Waals surface area contributed by atoms with E-state index < -0.39 is 0 Å². The van der Waals surface area contributed by atoms with Crippen LogP contribution in [0.1, 0.15) is 5.56 Å². The van der Waals surface area contributed by atoms with Crippen molar-refractivity contribution in [1.29, 1.82) is 0 Å². The standard InChI is InChI=1S/C13H10BrClFNS/c14-9-1-3-12(16)8(5-9)7-18-10-2-4-13(17)11(15)6-10/h1-6H,7,17H2. The molecule has 1 nitrogen and oxygen atoms in total. The monoisotopic (exact) mass is 345 g/mol. The molecule has 0 bridgehead atoms. The average Bonchev–Trinajstić information content (AvgIpc) is 2.34. The second-order valence-electron chi connectivity index (χ2n) is 3.71. The molecular formula is C13H10BrClFNS. The minimum atomic E-state index is -0.202.